The van der Waals surface area contributed by atoms with Crippen LogP contribution in [0.15, 0.2) is 24.3 Å². The van der Waals surface area contributed by atoms with E-state index in [2.05, 4.69) is 43.4 Å². The molecule has 120 valence electrons. The Labute approximate surface area is 134 Å². The molecule has 3 rings (SSSR count). The van der Waals surface area contributed by atoms with E-state index in [0.717, 1.165) is 13.1 Å². The van der Waals surface area contributed by atoms with Gasteiger partial charge in [0.25, 0.3) is 0 Å². The summed E-state index contributed by atoms with van der Waals surface area (Å²) in [6, 6.07) is 9.27. The fraction of sp³-hybridized carbons (Fsp3) is 0.632. The summed E-state index contributed by atoms with van der Waals surface area (Å²) in [6.07, 6.45) is 4.94. The molecule has 0 bridgehead atoms. The zero-order valence-electron chi connectivity index (χ0n) is 14.1. The van der Waals surface area contributed by atoms with Crippen LogP contribution >= 0.6 is 0 Å². The Hall–Kier alpha value is -1.51. The van der Waals surface area contributed by atoms with Crippen LogP contribution in [0.4, 0.5) is 5.69 Å². The Bertz CT molecular complexity index is 536. The molecule has 1 aliphatic carbocycles. The summed E-state index contributed by atoms with van der Waals surface area (Å²) in [5.41, 5.74) is 3.15. The van der Waals surface area contributed by atoms with Crippen molar-refractivity contribution in [1.29, 1.82) is 0 Å². The molecule has 0 aromatic heterocycles. The van der Waals surface area contributed by atoms with Crippen LogP contribution in [-0.2, 0) is 4.79 Å². The van der Waals surface area contributed by atoms with E-state index in [1.54, 1.807) is 6.92 Å². The maximum atomic E-state index is 11.4. The van der Waals surface area contributed by atoms with Crippen LogP contribution in [0.5, 0.6) is 0 Å². The Morgan fingerprint density at radius 1 is 1.23 bits per heavy atom. The van der Waals surface area contributed by atoms with E-state index < -0.39 is 0 Å². The van der Waals surface area contributed by atoms with Crippen molar-refractivity contribution in [2.45, 2.75) is 58.4 Å². The minimum Gasteiger partial charge on any atom is -0.382 e. The van der Waals surface area contributed by atoms with Gasteiger partial charge < -0.3 is 10.2 Å². The van der Waals surface area contributed by atoms with Crippen LogP contribution < -0.4 is 5.32 Å². The second-order valence-corrected chi connectivity index (χ2v) is 7.54. The minimum atomic E-state index is 0.233. The molecule has 1 aliphatic heterocycles. The third kappa shape index (κ3) is 2.99. The van der Waals surface area contributed by atoms with Gasteiger partial charge in [-0.1, -0.05) is 32.0 Å². The molecule has 1 saturated heterocycles. The zero-order chi connectivity index (χ0) is 15.7. The van der Waals surface area contributed by atoms with Crippen LogP contribution in [0.25, 0.3) is 0 Å². The first-order chi connectivity index (χ1) is 10.5. The topological polar surface area (TPSA) is 32.3 Å². The largest absolute Gasteiger partial charge is 0.382 e. The minimum absolute atomic E-state index is 0.233. The van der Waals surface area contributed by atoms with Crippen LogP contribution in [0.2, 0.25) is 0 Å². The van der Waals surface area contributed by atoms with Gasteiger partial charge in [-0.2, -0.15) is 0 Å². The maximum Gasteiger partial charge on any atom is 0.219 e. The number of carbonyl (C=O) groups is 1. The lowest BCUT2D eigenvalue weighted by atomic mass is 9.67. The molecular weight excluding hydrogens is 272 g/mol. The summed E-state index contributed by atoms with van der Waals surface area (Å²) in [4.78, 5) is 13.4. The van der Waals surface area contributed by atoms with Crippen LogP contribution in [0.3, 0.4) is 0 Å². The van der Waals surface area contributed by atoms with E-state index in [0.29, 0.717) is 17.4 Å². The molecule has 1 aromatic rings. The van der Waals surface area contributed by atoms with Crippen molar-refractivity contribution in [3.05, 3.63) is 29.8 Å². The number of nitrogens with zero attached hydrogens (tertiary/aromatic N) is 1. The van der Waals surface area contributed by atoms with E-state index in [4.69, 9.17) is 0 Å². The standard InChI is InChI=1S/C19H28N2O/c1-14(2)17-6-4-5-7-18(17)20-16-8-10-19(11-9-16)12-21(13-19)15(3)22/h4-7,14,16,20H,8-13H2,1-3H3. The van der Waals surface area contributed by atoms with Crippen molar-refractivity contribution < 1.29 is 4.79 Å². The third-order valence-corrected chi connectivity index (χ3v) is 5.49. The highest BCUT2D eigenvalue weighted by Gasteiger charge is 2.45. The number of anilines is 1. The van der Waals surface area contributed by atoms with Crippen LogP contribution in [-0.4, -0.2) is 29.9 Å². The number of amides is 1. The molecule has 1 heterocycles. The van der Waals surface area contributed by atoms with E-state index >= 15 is 0 Å². The van der Waals surface area contributed by atoms with E-state index in [-0.39, 0.29) is 5.91 Å². The van der Waals surface area contributed by atoms with Gasteiger partial charge in [0.1, 0.15) is 0 Å². The molecule has 22 heavy (non-hydrogen) atoms. The number of rotatable bonds is 3. The summed E-state index contributed by atoms with van der Waals surface area (Å²) in [7, 11) is 0. The second kappa shape index (κ2) is 5.94. The number of hydrogen-bond donors (Lipinski definition) is 1. The van der Waals surface area contributed by atoms with Crippen molar-refractivity contribution in [1.82, 2.24) is 4.90 Å². The summed E-state index contributed by atoms with van der Waals surface area (Å²) < 4.78 is 0. The van der Waals surface area contributed by atoms with Gasteiger partial charge in [-0.05, 0) is 43.2 Å². The Kier molecular flexibility index (Phi) is 4.16. The predicted octanol–water partition coefficient (Wildman–Crippen LogP) is 4.01. The van der Waals surface area contributed by atoms with Crippen LogP contribution in [0.1, 0.15) is 57.9 Å². The molecule has 1 spiro atoms. The molecule has 3 heteroatoms. The second-order valence-electron chi connectivity index (χ2n) is 7.54. The molecule has 1 N–H and O–H groups in total. The Balaban J connectivity index is 1.56. The first kappa shape index (κ1) is 15.4. The highest BCUT2D eigenvalue weighted by molar-refractivity contribution is 5.74. The normalized spacial score (nSPS) is 21.0. The highest BCUT2D eigenvalue weighted by atomic mass is 16.2. The molecule has 1 saturated carbocycles. The van der Waals surface area contributed by atoms with Crippen LogP contribution in [0, 0.1) is 5.41 Å². The van der Waals surface area contributed by atoms with Gasteiger partial charge in [0.05, 0.1) is 0 Å². The molecule has 1 aromatic carbocycles. The van der Waals surface area contributed by atoms with Gasteiger partial charge in [-0.15, -0.1) is 0 Å². The fourth-order valence-corrected chi connectivity index (χ4v) is 4.03. The molecular formula is C19H28N2O. The summed E-state index contributed by atoms with van der Waals surface area (Å²) in [5.74, 6) is 0.783. The number of carbonyl (C=O) groups excluding carboxylic acids is 1. The Morgan fingerprint density at radius 3 is 2.45 bits per heavy atom. The Morgan fingerprint density at radius 2 is 1.86 bits per heavy atom. The molecule has 3 nitrogen and oxygen atoms in total. The number of hydrogen-bond acceptors (Lipinski definition) is 2. The fourth-order valence-electron chi connectivity index (χ4n) is 4.03. The average molecular weight is 300 g/mol. The maximum absolute atomic E-state index is 11.4. The van der Waals surface area contributed by atoms with Crippen molar-refractivity contribution in [2.75, 3.05) is 18.4 Å². The SMILES string of the molecule is CC(=O)N1CC2(CCC(Nc3ccccc3C(C)C)CC2)C1. The van der Waals surface area contributed by atoms with E-state index in [1.165, 1.54) is 36.9 Å². The van der Waals surface area contributed by atoms with E-state index in [9.17, 15) is 4.79 Å². The summed E-state index contributed by atoms with van der Waals surface area (Å²) in [6.45, 7) is 8.15. The van der Waals surface area contributed by atoms with E-state index in [1.807, 2.05) is 4.90 Å². The zero-order valence-corrected chi connectivity index (χ0v) is 14.1. The number of nitrogens with one attached hydrogen (secondary N) is 1. The first-order valence-electron chi connectivity index (χ1n) is 8.60. The van der Waals surface area contributed by atoms with Crippen molar-refractivity contribution in [2.24, 2.45) is 5.41 Å². The van der Waals surface area contributed by atoms with Gasteiger partial charge in [0.15, 0.2) is 0 Å². The lowest BCUT2D eigenvalue weighted by Gasteiger charge is -2.53. The number of likely N-dealkylation sites (tertiary alicyclic amines) is 1. The van der Waals surface area contributed by atoms with Crippen molar-refractivity contribution in [3.63, 3.8) is 0 Å². The van der Waals surface area contributed by atoms with Crippen molar-refractivity contribution >= 4 is 11.6 Å². The highest BCUT2D eigenvalue weighted by Crippen LogP contribution is 2.44. The quantitative estimate of drug-likeness (QED) is 0.914. The first-order valence-corrected chi connectivity index (χ1v) is 8.60. The molecule has 0 atom stereocenters. The summed E-state index contributed by atoms with van der Waals surface area (Å²) >= 11 is 0. The van der Waals surface area contributed by atoms with Gasteiger partial charge in [0.2, 0.25) is 5.91 Å². The molecule has 0 radical (unpaired) electrons. The predicted molar refractivity (Wildman–Crippen MR) is 91.1 cm³/mol. The number of benzene rings is 1. The molecule has 1 amide bonds. The van der Waals surface area contributed by atoms with Gasteiger partial charge in [0, 0.05) is 37.2 Å². The third-order valence-electron chi connectivity index (χ3n) is 5.49. The molecule has 0 unspecified atom stereocenters. The number of para-hydroxylation sites is 1. The summed E-state index contributed by atoms with van der Waals surface area (Å²) in [5, 5.41) is 3.77. The van der Waals surface area contributed by atoms with Gasteiger partial charge in [-0.3, -0.25) is 4.79 Å². The molecule has 2 aliphatic rings. The monoisotopic (exact) mass is 300 g/mol. The van der Waals surface area contributed by atoms with Gasteiger partial charge >= 0.3 is 0 Å². The lowest BCUT2D eigenvalue weighted by molar-refractivity contribution is -0.143. The average Bonchev–Trinajstić information content (AvgIpc) is 2.46. The smallest absolute Gasteiger partial charge is 0.219 e. The lowest BCUT2D eigenvalue weighted by Crippen LogP contribution is -2.59. The van der Waals surface area contributed by atoms with Gasteiger partial charge in [-0.25, -0.2) is 0 Å². The molecule has 2 fully saturated rings. The van der Waals surface area contributed by atoms with Crippen molar-refractivity contribution in [3.8, 4) is 0 Å².